The van der Waals surface area contributed by atoms with Gasteiger partial charge in [0, 0.05) is 5.56 Å². The first-order valence-electron chi connectivity index (χ1n) is 10.2. The molecule has 3 aromatic carbocycles. The second kappa shape index (κ2) is 9.24. The third-order valence-corrected chi connectivity index (χ3v) is 6.24. The highest BCUT2D eigenvalue weighted by Gasteiger charge is 2.35. The molecule has 0 bridgehead atoms. The van der Waals surface area contributed by atoms with Gasteiger partial charge in [-0.1, -0.05) is 60.7 Å². The first-order chi connectivity index (χ1) is 16.5. The fourth-order valence-electron chi connectivity index (χ4n) is 3.55. The summed E-state index contributed by atoms with van der Waals surface area (Å²) in [4.78, 5) is 34.6. The van der Waals surface area contributed by atoms with Gasteiger partial charge in [-0.3, -0.25) is 14.5 Å². The Morgan fingerprint density at radius 2 is 1.79 bits per heavy atom. The van der Waals surface area contributed by atoms with Gasteiger partial charge in [0.25, 0.3) is 17.0 Å². The normalized spacial score (nSPS) is 14.9. The number of amides is 2. The van der Waals surface area contributed by atoms with Crippen molar-refractivity contribution in [2.24, 2.45) is 0 Å². The summed E-state index contributed by atoms with van der Waals surface area (Å²) in [5.74, 6) is -1.29. The van der Waals surface area contributed by atoms with Gasteiger partial charge in [-0.05, 0) is 51.8 Å². The van der Waals surface area contributed by atoms with Gasteiger partial charge in [-0.2, -0.15) is 9.37 Å². The molecule has 0 spiro atoms. The molecule has 4 aromatic rings. The van der Waals surface area contributed by atoms with E-state index in [1.54, 1.807) is 12.1 Å². The van der Waals surface area contributed by atoms with E-state index in [1.165, 1.54) is 4.90 Å². The van der Waals surface area contributed by atoms with Gasteiger partial charge in [0.05, 0.1) is 17.6 Å². The van der Waals surface area contributed by atoms with Gasteiger partial charge < -0.3 is 4.74 Å². The number of fused-ring (bicyclic) bond motifs is 1. The van der Waals surface area contributed by atoms with E-state index in [4.69, 9.17) is 16.3 Å². The first-order valence-corrected chi connectivity index (χ1v) is 11.4. The Kier molecular flexibility index (Phi) is 6.00. The van der Waals surface area contributed by atoms with Crippen LogP contribution in [-0.4, -0.2) is 26.0 Å². The van der Waals surface area contributed by atoms with Crippen LogP contribution >= 0.6 is 23.4 Å². The van der Waals surface area contributed by atoms with E-state index in [2.05, 4.69) is 9.97 Å². The number of carbonyl (C=O) groups excluding carboxylic acids is 2. The molecule has 168 valence electrons. The number of halogens is 2. The quantitative estimate of drug-likeness (QED) is 0.236. The molecule has 0 aliphatic carbocycles. The van der Waals surface area contributed by atoms with E-state index in [-0.39, 0.29) is 33.6 Å². The second-order valence-corrected chi connectivity index (χ2v) is 8.68. The Hall–Kier alpha value is -3.75. The van der Waals surface area contributed by atoms with Crippen LogP contribution in [0.5, 0.6) is 11.6 Å². The third-order valence-electron chi connectivity index (χ3n) is 5.15. The summed E-state index contributed by atoms with van der Waals surface area (Å²) in [5.41, 5.74) is 1.36. The average molecular weight is 492 g/mol. The lowest BCUT2D eigenvalue weighted by Gasteiger charge is -2.13. The minimum absolute atomic E-state index is 0.166. The van der Waals surface area contributed by atoms with Crippen molar-refractivity contribution in [1.82, 2.24) is 14.9 Å². The monoisotopic (exact) mass is 491 g/mol. The van der Waals surface area contributed by atoms with Crippen molar-refractivity contribution < 1.29 is 18.7 Å². The summed E-state index contributed by atoms with van der Waals surface area (Å²) in [6, 6.07) is 20.2. The van der Waals surface area contributed by atoms with Gasteiger partial charge >= 0.3 is 0 Å². The highest BCUT2D eigenvalue weighted by Crippen LogP contribution is 2.38. The minimum Gasteiger partial charge on any atom is -0.436 e. The fourth-order valence-corrected chi connectivity index (χ4v) is 4.50. The van der Waals surface area contributed by atoms with Crippen LogP contribution in [0.4, 0.5) is 9.18 Å². The lowest BCUT2D eigenvalue weighted by atomic mass is 10.0. The van der Waals surface area contributed by atoms with E-state index in [1.807, 2.05) is 60.7 Å². The van der Waals surface area contributed by atoms with Gasteiger partial charge in [-0.15, -0.1) is 0 Å². The Labute approximate surface area is 203 Å². The molecule has 1 fully saturated rings. The predicted molar refractivity (Wildman–Crippen MR) is 129 cm³/mol. The molecule has 0 unspecified atom stereocenters. The smallest absolute Gasteiger partial charge is 0.293 e. The molecule has 1 aliphatic rings. The van der Waals surface area contributed by atoms with E-state index in [9.17, 15) is 14.0 Å². The van der Waals surface area contributed by atoms with E-state index < -0.39 is 11.7 Å². The maximum absolute atomic E-state index is 14.2. The topological polar surface area (TPSA) is 72.4 Å². The van der Waals surface area contributed by atoms with Crippen LogP contribution in [0, 0.1) is 5.82 Å². The molecule has 34 heavy (non-hydrogen) atoms. The predicted octanol–water partition coefficient (Wildman–Crippen LogP) is 6.45. The van der Waals surface area contributed by atoms with E-state index in [0.29, 0.717) is 5.56 Å². The minimum atomic E-state index is -0.785. The highest BCUT2D eigenvalue weighted by atomic mass is 35.5. The summed E-state index contributed by atoms with van der Waals surface area (Å²) in [6.45, 7) is 0.173. The third kappa shape index (κ3) is 4.37. The molecule has 6 nitrogen and oxygen atoms in total. The molecule has 0 radical (unpaired) electrons. The number of rotatable bonds is 5. The van der Waals surface area contributed by atoms with Crippen molar-refractivity contribution in [1.29, 1.82) is 0 Å². The molecule has 2 heterocycles. The SMILES string of the molecule is O=C1S/C(=C/c2c(Oc3nc(Cl)ncc3F)ccc3ccccc23)C(=O)N1Cc1ccccc1. The van der Waals surface area contributed by atoms with Crippen molar-refractivity contribution in [2.75, 3.05) is 0 Å². The summed E-state index contributed by atoms with van der Waals surface area (Å²) < 4.78 is 20.0. The van der Waals surface area contributed by atoms with E-state index in [0.717, 1.165) is 34.3 Å². The molecule has 1 aromatic heterocycles. The summed E-state index contributed by atoms with van der Waals surface area (Å²) >= 11 is 6.65. The van der Waals surface area contributed by atoms with Crippen LogP contribution in [0.2, 0.25) is 5.28 Å². The molecule has 0 atom stereocenters. The Morgan fingerprint density at radius 1 is 1.03 bits per heavy atom. The van der Waals surface area contributed by atoms with Crippen LogP contribution < -0.4 is 4.74 Å². The largest absolute Gasteiger partial charge is 0.436 e. The zero-order valence-corrected chi connectivity index (χ0v) is 19.0. The molecular weight excluding hydrogens is 477 g/mol. The van der Waals surface area contributed by atoms with Crippen molar-refractivity contribution in [2.45, 2.75) is 6.54 Å². The molecule has 5 rings (SSSR count). The Morgan fingerprint density at radius 3 is 2.62 bits per heavy atom. The zero-order chi connectivity index (χ0) is 23.7. The van der Waals surface area contributed by atoms with E-state index >= 15 is 0 Å². The summed E-state index contributed by atoms with van der Waals surface area (Å²) in [5, 5.41) is 1.11. The summed E-state index contributed by atoms with van der Waals surface area (Å²) in [7, 11) is 0. The van der Waals surface area contributed by atoms with Gasteiger partial charge in [0.15, 0.2) is 0 Å². The molecule has 1 aliphatic heterocycles. The summed E-state index contributed by atoms with van der Waals surface area (Å²) in [6.07, 6.45) is 2.51. The maximum Gasteiger partial charge on any atom is 0.293 e. The molecular formula is C25H15ClFN3O3S. The van der Waals surface area contributed by atoms with Crippen LogP contribution in [0.3, 0.4) is 0 Å². The Bertz CT molecular complexity index is 1460. The number of hydrogen-bond donors (Lipinski definition) is 0. The van der Waals surface area contributed by atoms with Gasteiger partial charge in [0.1, 0.15) is 5.75 Å². The zero-order valence-electron chi connectivity index (χ0n) is 17.4. The highest BCUT2D eigenvalue weighted by molar-refractivity contribution is 8.18. The number of ether oxygens (including phenoxy) is 1. The molecule has 9 heteroatoms. The fraction of sp³-hybridized carbons (Fsp3) is 0.0400. The van der Waals surface area contributed by atoms with Crippen LogP contribution in [0.1, 0.15) is 11.1 Å². The number of thioether (sulfide) groups is 1. The lowest BCUT2D eigenvalue weighted by molar-refractivity contribution is -0.123. The van der Waals surface area contributed by atoms with Gasteiger partial charge in [-0.25, -0.2) is 4.98 Å². The Balaban J connectivity index is 1.56. The van der Waals surface area contributed by atoms with Crippen LogP contribution in [0.25, 0.3) is 16.8 Å². The number of nitrogens with zero attached hydrogens (tertiary/aromatic N) is 3. The maximum atomic E-state index is 14.2. The van der Waals surface area contributed by atoms with Gasteiger partial charge in [0.2, 0.25) is 11.1 Å². The number of hydrogen-bond acceptors (Lipinski definition) is 6. The van der Waals surface area contributed by atoms with Crippen molar-refractivity contribution in [3.8, 4) is 11.6 Å². The molecule has 0 saturated carbocycles. The number of imide groups is 1. The molecule has 0 N–H and O–H groups in total. The van der Waals surface area contributed by atoms with Crippen molar-refractivity contribution >= 4 is 51.4 Å². The van der Waals surface area contributed by atoms with Crippen molar-refractivity contribution in [3.63, 3.8) is 0 Å². The number of aromatic nitrogens is 2. The van der Waals surface area contributed by atoms with Crippen LogP contribution in [0.15, 0.2) is 77.8 Å². The first kappa shape index (κ1) is 22.1. The van der Waals surface area contributed by atoms with Crippen molar-refractivity contribution in [3.05, 3.63) is 100 Å². The average Bonchev–Trinajstić information content (AvgIpc) is 3.11. The lowest BCUT2D eigenvalue weighted by Crippen LogP contribution is -2.27. The molecule has 2 amide bonds. The number of benzene rings is 3. The standard InChI is InChI=1S/C25H15ClFN3O3S/c26-24-28-13-19(27)22(29-24)33-20-11-10-16-8-4-5-9-17(16)18(20)12-21-23(31)30(25(32)34-21)14-15-6-2-1-3-7-15/h1-13H,14H2/b21-12+. The van der Waals surface area contributed by atoms with Crippen LogP contribution in [-0.2, 0) is 11.3 Å². The second-order valence-electron chi connectivity index (χ2n) is 7.35. The molecule has 1 saturated heterocycles. The number of carbonyl (C=O) groups is 2.